The van der Waals surface area contributed by atoms with Crippen molar-refractivity contribution < 1.29 is 14.3 Å². The van der Waals surface area contributed by atoms with E-state index in [1.807, 2.05) is 84.9 Å². The molecule has 6 aromatic carbocycles. The molecule has 1 amide bonds. The molecule has 0 unspecified atom stereocenters. The van der Waals surface area contributed by atoms with Crippen LogP contribution in [-0.4, -0.2) is 12.1 Å². The lowest BCUT2D eigenvalue weighted by Gasteiger charge is -2.12. The Balaban J connectivity index is 1.25. The van der Waals surface area contributed by atoms with Crippen LogP contribution in [0.5, 0.6) is 11.5 Å². The molecular formula is C36H28N2O3. The van der Waals surface area contributed by atoms with Crippen LogP contribution in [-0.2, 0) is 13.2 Å². The number of fused-ring (bicyclic) bond motifs is 2. The maximum atomic E-state index is 13.3. The highest BCUT2D eigenvalue weighted by molar-refractivity contribution is 6.13. The van der Waals surface area contributed by atoms with Crippen LogP contribution in [0.3, 0.4) is 0 Å². The third kappa shape index (κ3) is 6.26. The summed E-state index contributed by atoms with van der Waals surface area (Å²) in [5.74, 6) is 0.711. The standard InChI is InChI=1S/C36H28N2O3/c39-36(38-37-23-35-33-17-9-7-15-28(33)19-29-16-8-10-18-34(29)35)30-20-31(40-24-26-11-3-1-4-12-26)22-32(21-30)41-25-27-13-5-2-6-14-27/h1-23H,24-25H2,(H,38,39). The number of hydrogen-bond donors (Lipinski definition) is 1. The molecule has 5 heteroatoms. The minimum Gasteiger partial charge on any atom is -0.489 e. The van der Waals surface area contributed by atoms with Gasteiger partial charge in [-0.1, -0.05) is 109 Å². The van der Waals surface area contributed by atoms with Crippen LogP contribution >= 0.6 is 0 Å². The van der Waals surface area contributed by atoms with Gasteiger partial charge in [0, 0.05) is 17.2 Å². The third-order valence-electron chi connectivity index (χ3n) is 6.81. The molecule has 0 fully saturated rings. The van der Waals surface area contributed by atoms with Gasteiger partial charge in [0.25, 0.3) is 5.91 Å². The summed E-state index contributed by atoms with van der Waals surface area (Å²) >= 11 is 0. The second-order valence-electron chi connectivity index (χ2n) is 9.67. The lowest BCUT2D eigenvalue weighted by Crippen LogP contribution is -2.18. The number of amides is 1. The van der Waals surface area contributed by atoms with Crippen LogP contribution in [0, 0.1) is 0 Å². The van der Waals surface area contributed by atoms with Crippen molar-refractivity contribution >= 4 is 33.7 Å². The third-order valence-corrected chi connectivity index (χ3v) is 6.81. The summed E-state index contributed by atoms with van der Waals surface area (Å²) in [4.78, 5) is 13.3. The maximum Gasteiger partial charge on any atom is 0.271 e. The molecule has 0 aliphatic heterocycles. The molecule has 200 valence electrons. The molecule has 5 nitrogen and oxygen atoms in total. The molecule has 0 atom stereocenters. The van der Waals surface area contributed by atoms with Gasteiger partial charge in [0.15, 0.2) is 0 Å². The van der Waals surface area contributed by atoms with Crippen LogP contribution in [0.2, 0.25) is 0 Å². The van der Waals surface area contributed by atoms with Gasteiger partial charge in [-0.2, -0.15) is 5.10 Å². The zero-order chi connectivity index (χ0) is 27.9. The molecule has 0 spiro atoms. The molecule has 1 N–H and O–H groups in total. The Morgan fingerprint density at radius 1 is 0.610 bits per heavy atom. The smallest absolute Gasteiger partial charge is 0.271 e. The van der Waals surface area contributed by atoms with Crippen LogP contribution in [0.1, 0.15) is 27.0 Å². The fourth-order valence-electron chi connectivity index (χ4n) is 4.76. The van der Waals surface area contributed by atoms with E-state index in [-0.39, 0.29) is 5.91 Å². The maximum absolute atomic E-state index is 13.3. The Morgan fingerprint density at radius 3 is 1.63 bits per heavy atom. The van der Waals surface area contributed by atoms with Crippen molar-refractivity contribution in [3.63, 3.8) is 0 Å². The minimum atomic E-state index is -0.361. The molecule has 0 aromatic heterocycles. The van der Waals surface area contributed by atoms with E-state index in [1.165, 1.54) is 0 Å². The Morgan fingerprint density at radius 2 is 1.10 bits per heavy atom. The molecular weight excluding hydrogens is 508 g/mol. The van der Waals surface area contributed by atoms with E-state index in [0.717, 1.165) is 38.2 Å². The first-order valence-corrected chi connectivity index (χ1v) is 13.5. The molecule has 6 rings (SSSR count). The highest BCUT2D eigenvalue weighted by Gasteiger charge is 2.12. The largest absolute Gasteiger partial charge is 0.489 e. The van der Waals surface area contributed by atoms with Crippen molar-refractivity contribution in [3.8, 4) is 11.5 Å². The molecule has 0 bridgehead atoms. The summed E-state index contributed by atoms with van der Waals surface area (Å²) in [7, 11) is 0. The molecule has 0 aliphatic rings. The average Bonchev–Trinajstić information content (AvgIpc) is 3.03. The quantitative estimate of drug-likeness (QED) is 0.116. The van der Waals surface area contributed by atoms with Gasteiger partial charge in [0.05, 0.1) is 6.21 Å². The summed E-state index contributed by atoms with van der Waals surface area (Å²) in [6.07, 6.45) is 1.71. The summed E-state index contributed by atoms with van der Waals surface area (Å²) in [5, 5.41) is 8.72. The van der Waals surface area contributed by atoms with E-state index in [2.05, 4.69) is 40.9 Å². The molecule has 0 aliphatic carbocycles. The molecule has 0 radical (unpaired) electrons. The van der Waals surface area contributed by atoms with Crippen molar-refractivity contribution in [3.05, 3.63) is 156 Å². The molecule has 6 aromatic rings. The SMILES string of the molecule is O=C(NN=Cc1c2ccccc2cc2ccccc12)c1cc(OCc2ccccc2)cc(OCc2ccccc2)c1. The lowest BCUT2D eigenvalue weighted by atomic mass is 9.97. The van der Waals surface area contributed by atoms with Gasteiger partial charge in [-0.3, -0.25) is 4.79 Å². The first-order valence-electron chi connectivity index (χ1n) is 13.5. The predicted octanol–water partition coefficient (Wildman–Crippen LogP) is 7.91. The first-order chi connectivity index (χ1) is 20.2. The fraction of sp³-hybridized carbons (Fsp3) is 0.0556. The van der Waals surface area contributed by atoms with E-state index in [1.54, 1.807) is 24.4 Å². The number of nitrogens with zero attached hydrogens (tertiary/aromatic N) is 1. The summed E-state index contributed by atoms with van der Waals surface area (Å²) in [6.45, 7) is 0.743. The Hall–Kier alpha value is -5.42. The van der Waals surface area contributed by atoms with E-state index in [0.29, 0.717) is 30.3 Å². The van der Waals surface area contributed by atoms with Gasteiger partial charge in [-0.05, 0) is 50.9 Å². The number of carbonyl (C=O) groups excluding carboxylic acids is 1. The van der Waals surface area contributed by atoms with E-state index < -0.39 is 0 Å². The molecule has 41 heavy (non-hydrogen) atoms. The number of carbonyl (C=O) groups is 1. The van der Waals surface area contributed by atoms with Crippen LogP contribution < -0.4 is 14.9 Å². The zero-order valence-electron chi connectivity index (χ0n) is 22.4. The van der Waals surface area contributed by atoms with Gasteiger partial charge in [0.1, 0.15) is 24.7 Å². The van der Waals surface area contributed by atoms with E-state index >= 15 is 0 Å². The van der Waals surface area contributed by atoms with Crippen molar-refractivity contribution in [1.82, 2.24) is 5.43 Å². The Bertz CT molecular complexity index is 1720. The second-order valence-corrected chi connectivity index (χ2v) is 9.67. The van der Waals surface area contributed by atoms with Crippen LogP contribution in [0.4, 0.5) is 0 Å². The van der Waals surface area contributed by atoms with Crippen molar-refractivity contribution in [2.45, 2.75) is 13.2 Å². The number of nitrogens with one attached hydrogen (secondary N) is 1. The van der Waals surface area contributed by atoms with Crippen LogP contribution in [0.25, 0.3) is 21.5 Å². The van der Waals surface area contributed by atoms with Gasteiger partial charge in [-0.25, -0.2) is 5.43 Å². The fourth-order valence-corrected chi connectivity index (χ4v) is 4.76. The second kappa shape index (κ2) is 12.2. The zero-order valence-corrected chi connectivity index (χ0v) is 22.4. The topological polar surface area (TPSA) is 59.9 Å². The number of rotatable bonds is 9. The van der Waals surface area contributed by atoms with Crippen molar-refractivity contribution in [2.24, 2.45) is 5.10 Å². The molecule has 0 saturated heterocycles. The Labute approximate surface area is 238 Å². The number of hydrogen-bond acceptors (Lipinski definition) is 4. The van der Waals surface area contributed by atoms with Crippen molar-refractivity contribution in [2.75, 3.05) is 0 Å². The summed E-state index contributed by atoms with van der Waals surface area (Å²) < 4.78 is 12.1. The van der Waals surface area contributed by atoms with Gasteiger partial charge in [0.2, 0.25) is 0 Å². The lowest BCUT2D eigenvalue weighted by molar-refractivity contribution is 0.0954. The Kier molecular flexibility index (Phi) is 7.68. The normalized spacial score (nSPS) is 11.1. The van der Waals surface area contributed by atoms with E-state index in [9.17, 15) is 4.79 Å². The minimum absolute atomic E-state index is 0.361. The van der Waals surface area contributed by atoms with Crippen molar-refractivity contribution in [1.29, 1.82) is 0 Å². The predicted molar refractivity (Wildman–Crippen MR) is 165 cm³/mol. The monoisotopic (exact) mass is 536 g/mol. The first kappa shape index (κ1) is 25.8. The number of benzene rings is 6. The van der Waals surface area contributed by atoms with E-state index in [4.69, 9.17) is 9.47 Å². The number of ether oxygens (including phenoxy) is 2. The summed E-state index contributed by atoms with van der Waals surface area (Å²) in [5.41, 5.74) is 6.09. The summed E-state index contributed by atoms with van der Waals surface area (Å²) in [6, 6.07) is 43.5. The number of hydrazone groups is 1. The molecule has 0 heterocycles. The average molecular weight is 537 g/mol. The van der Waals surface area contributed by atoms with Gasteiger partial charge in [-0.15, -0.1) is 0 Å². The van der Waals surface area contributed by atoms with Gasteiger partial charge < -0.3 is 9.47 Å². The molecule has 0 saturated carbocycles. The van der Waals surface area contributed by atoms with Gasteiger partial charge >= 0.3 is 0 Å². The highest BCUT2D eigenvalue weighted by atomic mass is 16.5. The van der Waals surface area contributed by atoms with Crippen LogP contribution in [0.15, 0.2) is 139 Å². The highest BCUT2D eigenvalue weighted by Crippen LogP contribution is 2.28.